The Morgan fingerprint density at radius 3 is 2.48 bits per heavy atom. The second-order valence-corrected chi connectivity index (χ2v) is 5.58. The minimum atomic E-state index is -0.852. The molecule has 3 rings (SSSR count). The lowest BCUT2D eigenvalue weighted by atomic mass is 10.0. The first-order valence-electron chi connectivity index (χ1n) is 7.05. The summed E-state index contributed by atoms with van der Waals surface area (Å²) in [4.78, 5) is 12.5. The molecule has 0 aliphatic heterocycles. The summed E-state index contributed by atoms with van der Waals surface area (Å²) in [7, 11) is 0. The molecular formula is C17H10ClF3N2O2. The maximum Gasteiger partial charge on any atom is 0.261 e. The van der Waals surface area contributed by atoms with Crippen molar-refractivity contribution in [3.63, 3.8) is 0 Å². The van der Waals surface area contributed by atoms with Gasteiger partial charge in [0.1, 0.15) is 34.5 Å². The normalized spacial score (nSPS) is 10.8. The molecule has 0 saturated carbocycles. The van der Waals surface area contributed by atoms with Gasteiger partial charge in [0.05, 0.1) is 10.6 Å². The monoisotopic (exact) mass is 366 g/mol. The predicted molar refractivity (Wildman–Crippen MR) is 86.0 cm³/mol. The molecule has 0 aliphatic rings. The molecule has 3 aromatic rings. The summed E-state index contributed by atoms with van der Waals surface area (Å²) in [6, 6.07) is 6.57. The van der Waals surface area contributed by atoms with E-state index in [0.29, 0.717) is 6.07 Å². The molecule has 0 aliphatic carbocycles. The minimum Gasteiger partial charge on any atom is -0.360 e. The van der Waals surface area contributed by atoms with E-state index in [2.05, 4.69) is 10.5 Å². The van der Waals surface area contributed by atoms with Crippen LogP contribution >= 0.6 is 11.6 Å². The van der Waals surface area contributed by atoms with E-state index < -0.39 is 23.4 Å². The van der Waals surface area contributed by atoms with E-state index >= 15 is 0 Å². The highest BCUT2D eigenvalue weighted by Gasteiger charge is 2.25. The lowest BCUT2D eigenvalue weighted by Gasteiger charge is -2.08. The van der Waals surface area contributed by atoms with Gasteiger partial charge in [0.2, 0.25) is 0 Å². The van der Waals surface area contributed by atoms with Crippen LogP contribution < -0.4 is 5.32 Å². The van der Waals surface area contributed by atoms with Crippen LogP contribution in [-0.4, -0.2) is 11.1 Å². The molecule has 0 bridgehead atoms. The van der Waals surface area contributed by atoms with E-state index in [0.717, 1.165) is 18.2 Å². The van der Waals surface area contributed by atoms with Crippen molar-refractivity contribution in [1.82, 2.24) is 5.16 Å². The Morgan fingerprint density at radius 2 is 1.84 bits per heavy atom. The van der Waals surface area contributed by atoms with Gasteiger partial charge < -0.3 is 9.84 Å². The average molecular weight is 367 g/mol. The van der Waals surface area contributed by atoms with Crippen molar-refractivity contribution < 1.29 is 22.5 Å². The zero-order valence-electron chi connectivity index (χ0n) is 12.7. The van der Waals surface area contributed by atoms with Crippen LogP contribution in [0.3, 0.4) is 0 Å². The number of hydrogen-bond acceptors (Lipinski definition) is 3. The summed E-state index contributed by atoms with van der Waals surface area (Å²) in [6.07, 6.45) is 0. The van der Waals surface area contributed by atoms with Crippen molar-refractivity contribution in [1.29, 1.82) is 0 Å². The topological polar surface area (TPSA) is 55.1 Å². The fourth-order valence-electron chi connectivity index (χ4n) is 2.35. The highest BCUT2D eigenvalue weighted by Crippen LogP contribution is 2.33. The van der Waals surface area contributed by atoms with Crippen LogP contribution in [-0.2, 0) is 0 Å². The zero-order chi connectivity index (χ0) is 18.1. The number of aryl methyl sites for hydroxylation is 1. The number of amides is 1. The number of hydrogen-bond donors (Lipinski definition) is 1. The molecule has 8 heteroatoms. The maximum absolute atomic E-state index is 14.1. The van der Waals surface area contributed by atoms with Crippen LogP contribution in [0, 0.1) is 24.4 Å². The minimum absolute atomic E-state index is 0.0409. The van der Waals surface area contributed by atoms with Gasteiger partial charge in [-0.05, 0) is 31.2 Å². The number of nitrogens with one attached hydrogen (secondary N) is 1. The highest BCUT2D eigenvalue weighted by molar-refractivity contribution is 6.33. The molecule has 128 valence electrons. The Morgan fingerprint density at radius 1 is 1.16 bits per heavy atom. The van der Waals surface area contributed by atoms with Crippen LogP contribution in [0.4, 0.5) is 18.9 Å². The molecule has 1 N–H and O–H groups in total. The van der Waals surface area contributed by atoms with Crippen molar-refractivity contribution in [2.75, 3.05) is 5.32 Å². The third-order valence-electron chi connectivity index (χ3n) is 3.41. The van der Waals surface area contributed by atoms with Crippen molar-refractivity contribution in [3.8, 4) is 11.3 Å². The summed E-state index contributed by atoms with van der Waals surface area (Å²) in [6.45, 7) is 1.45. The largest absolute Gasteiger partial charge is 0.360 e. The number of nitrogens with zero attached hydrogens (tertiary/aromatic N) is 1. The molecular weight excluding hydrogens is 357 g/mol. The summed E-state index contributed by atoms with van der Waals surface area (Å²) in [5.74, 6) is -3.06. The molecule has 0 radical (unpaired) electrons. The van der Waals surface area contributed by atoms with Crippen LogP contribution in [0.15, 0.2) is 40.9 Å². The quantitative estimate of drug-likeness (QED) is 0.711. The van der Waals surface area contributed by atoms with Crippen LogP contribution in [0.25, 0.3) is 11.3 Å². The molecule has 0 saturated heterocycles. The molecule has 1 amide bonds. The molecule has 25 heavy (non-hydrogen) atoms. The summed E-state index contributed by atoms with van der Waals surface area (Å²) >= 11 is 6.00. The van der Waals surface area contributed by atoms with E-state index in [1.165, 1.54) is 19.1 Å². The summed E-state index contributed by atoms with van der Waals surface area (Å²) < 4.78 is 45.6. The lowest BCUT2D eigenvalue weighted by molar-refractivity contribution is 0.102. The van der Waals surface area contributed by atoms with Gasteiger partial charge in [-0.25, -0.2) is 13.2 Å². The van der Waals surface area contributed by atoms with Crippen molar-refractivity contribution in [2.24, 2.45) is 0 Å². The number of anilines is 1. The van der Waals surface area contributed by atoms with Gasteiger partial charge in [-0.1, -0.05) is 22.8 Å². The Balaban J connectivity index is 2.03. The Labute approximate surface area is 145 Å². The smallest absolute Gasteiger partial charge is 0.261 e. The van der Waals surface area contributed by atoms with E-state index in [1.807, 2.05) is 0 Å². The summed E-state index contributed by atoms with van der Waals surface area (Å²) in [5.41, 5.74) is -0.392. The van der Waals surface area contributed by atoms with Crippen molar-refractivity contribution >= 4 is 23.2 Å². The van der Waals surface area contributed by atoms with E-state index in [-0.39, 0.29) is 33.3 Å². The second kappa shape index (κ2) is 6.60. The molecule has 2 aromatic carbocycles. The summed E-state index contributed by atoms with van der Waals surface area (Å²) in [5, 5.41) is 6.07. The predicted octanol–water partition coefficient (Wildman–Crippen LogP) is 4.97. The molecule has 0 spiro atoms. The molecule has 4 nitrogen and oxygen atoms in total. The number of aromatic nitrogens is 1. The zero-order valence-corrected chi connectivity index (χ0v) is 13.5. The molecule has 0 atom stereocenters. The van der Waals surface area contributed by atoms with Gasteiger partial charge in [-0.15, -0.1) is 0 Å². The van der Waals surface area contributed by atoms with Gasteiger partial charge in [0, 0.05) is 11.8 Å². The first kappa shape index (κ1) is 17.0. The van der Waals surface area contributed by atoms with Gasteiger partial charge >= 0.3 is 0 Å². The van der Waals surface area contributed by atoms with E-state index in [9.17, 15) is 18.0 Å². The second-order valence-electron chi connectivity index (χ2n) is 5.17. The fourth-order valence-corrected chi connectivity index (χ4v) is 2.61. The Bertz CT molecular complexity index is 932. The van der Waals surface area contributed by atoms with Gasteiger partial charge in [0.15, 0.2) is 0 Å². The van der Waals surface area contributed by atoms with Crippen molar-refractivity contribution in [3.05, 3.63) is 70.2 Å². The Hall–Kier alpha value is -2.80. The molecule has 0 unspecified atom stereocenters. The molecule has 1 aromatic heterocycles. The number of rotatable bonds is 3. The van der Waals surface area contributed by atoms with Gasteiger partial charge in [-0.2, -0.15) is 0 Å². The number of benzene rings is 2. The van der Waals surface area contributed by atoms with Crippen LogP contribution in [0.5, 0.6) is 0 Å². The number of halogens is 4. The average Bonchev–Trinajstić information content (AvgIpc) is 2.87. The first-order valence-corrected chi connectivity index (χ1v) is 7.42. The van der Waals surface area contributed by atoms with Gasteiger partial charge in [-0.3, -0.25) is 4.79 Å². The standard InChI is InChI=1S/C17H10ClF3N2O2/c1-8-14(17(24)22-11-6-9(19)5-10(20)7-11)16(23-25-8)15-12(18)3-2-4-13(15)21/h2-7H,1H3,(H,22,24). The SMILES string of the molecule is Cc1onc(-c2c(F)cccc2Cl)c1C(=O)Nc1cc(F)cc(F)c1. The number of carbonyl (C=O) groups excluding carboxylic acids is 1. The lowest BCUT2D eigenvalue weighted by Crippen LogP contribution is -2.14. The van der Waals surface area contributed by atoms with Crippen LogP contribution in [0.2, 0.25) is 5.02 Å². The van der Waals surface area contributed by atoms with Crippen LogP contribution in [0.1, 0.15) is 16.1 Å². The fraction of sp³-hybridized carbons (Fsp3) is 0.0588. The van der Waals surface area contributed by atoms with Gasteiger partial charge in [0.25, 0.3) is 5.91 Å². The maximum atomic E-state index is 14.1. The third-order valence-corrected chi connectivity index (χ3v) is 3.72. The Kier molecular flexibility index (Phi) is 4.50. The van der Waals surface area contributed by atoms with Crippen molar-refractivity contribution in [2.45, 2.75) is 6.92 Å². The molecule has 0 fully saturated rings. The number of carbonyl (C=O) groups is 1. The van der Waals surface area contributed by atoms with E-state index in [1.54, 1.807) is 0 Å². The third kappa shape index (κ3) is 3.36. The highest BCUT2D eigenvalue weighted by atomic mass is 35.5. The first-order chi connectivity index (χ1) is 11.9. The molecule has 1 heterocycles. The van der Waals surface area contributed by atoms with E-state index in [4.69, 9.17) is 16.1 Å².